The summed E-state index contributed by atoms with van der Waals surface area (Å²) in [6.45, 7) is 0.312. The zero-order valence-electron chi connectivity index (χ0n) is 16.3. The average molecular weight is 423 g/mol. The lowest BCUT2D eigenvalue weighted by atomic mass is 9.95. The second-order valence-electron chi connectivity index (χ2n) is 7.29. The normalized spacial score (nSPS) is 18.4. The molecule has 1 aliphatic carbocycles. The van der Waals surface area contributed by atoms with E-state index in [1.54, 1.807) is 0 Å². The van der Waals surface area contributed by atoms with Gasteiger partial charge in [0, 0.05) is 19.0 Å². The summed E-state index contributed by atoms with van der Waals surface area (Å²) in [5.74, 6) is 2.94. The highest BCUT2D eigenvalue weighted by Gasteiger charge is 2.17. The van der Waals surface area contributed by atoms with Crippen molar-refractivity contribution in [2.45, 2.75) is 55.6 Å². The van der Waals surface area contributed by atoms with E-state index < -0.39 is 0 Å². The molecule has 154 valence electrons. The first kappa shape index (κ1) is 21.4. The Labute approximate surface area is 176 Å². The quantitative estimate of drug-likeness (QED) is 0.665. The molecule has 0 spiro atoms. The first-order valence-electron chi connectivity index (χ1n) is 10.2. The first-order chi connectivity index (χ1) is 13.7. The van der Waals surface area contributed by atoms with Gasteiger partial charge in [0.25, 0.3) is 5.91 Å². The molecule has 3 rings (SSSR count). The van der Waals surface area contributed by atoms with Gasteiger partial charge in [0.05, 0.1) is 4.58 Å². The third-order valence-electron chi connectivity index (χ3n) is 4.99. The van der Waals surface area contributed by atoms with Gasteiger partial charge in [-0.15, -0.1) is 23.5 Å². The Morgan fingerprint density at radius 3 is 2.39 bits per heavy atom. The summed E-state index contributed by atoms with van der Waals surface area (Å²) in [5, 5.41) is 5.81. The average Bonchev–Trinajstić information content (AvgIpc) is 2.74. The molecule has 1 aromatic carbocycles. The van der Waals surface area contributed by atoms with E-state index in [2.05, 4.69) is 22.8 Å². The molecule has 0 aromatic heterocycles. The van der Waals surface area contributed by atoms with Crippen molar-refractivity contribution in [2.75, 3.05) is 24.7 Å². The smallest absolute Gasteiger partial charge is 0.257 e. The highest BCUT2D eigenvalue weighted by Crippen LogP contribution is 2.43. The minimum Gasteiger partial charge on any atom is -0.484 e. The van der Waals surface area contributed by atoms with Gasteiger partial charge in [-0.2, -0.15) is 0 Å². The second-order valence-corrected chi connectivity index (χ2v) is 10.0. The molecule has 2 aliphatic rings. The number of thioether (sulfide) groups is 2. The van der Waals surface area contributed by atoms with Crippen molar-refractivity contribution < 1.29 is 14.3 Å². The molecule has 2 N–H and O–H groups in total. The standard InChI is InChI=1S/C21H30N2O3S2/c24-19(23-17-5-2-1-3-6-17)11-12-22-20(25)15-26-18-9-7-16(8-10-18)21-27-13-4-14-28-21/h7-10,17,21H,1-6,11-15H2,(H,22,25)(H,23,24). The maximum absolute atomic E-state index is 11.9. The SMILES string of the molecule is O=C(COc1ccc(C2SCCCS2)cc1)NCCC(=O)NC1CCCCC1. The van der Waals surface area contributed by atoms with Crippen molar-refractivity contribution >= 4 is 35.3 Å². The fourth-order valence-electron chi connectivity index (χ4n) is 3.46. The van der Waals surface area contributed by atoms with E-state index in [1.165, 1.54) is 42.8 Å². The van der Waals surface area contributed by atoms with Crippen LogP contribution < -0.4 is 15.4 Å². The van der Waals surface area contributed by atoms with E-state index in [-0.39, 0.29) is 18.4 Å². The van der Waals surface area contributed by atoms with Crippen molar-refractivity contribution in [1.82, 2.24) is 10.6 Å². The third kappa shape index (κ3) is 7.24. The molecule has 1 heterocycles. The molecule has 1 saturated heterocycles. The highest BCUT2D eigenvalue weighted by molar-refractivity contribution is 8.16. The van der Waals surface area contributed by atoms with Crippen LogP contribution in [0, 0.1) is 0 Å². The van der Waals surface area contributed by atoms with Crippen LogP contribution in [0.1, 0.15) is 55.1 Å². The Hall–Kier alpha value is -1.34. The lowest BCUT2D eigenvalue weighted by Gasteiger charge is -2.22. The summed E-state index contributed by atoms with van der Waals surface area (Å²) >= 11 is 3.98. The highest BCUT2D eigenvalue weighted by atomic mass is 32.2. The molecule has 28 heavy (non-hydrogen) atoms. The van der Waals surface area contributed by atoms with Crippen LogP contribution in [-0.2, 0) is 9.59 Å². The first-order valence-corrected chi connectivity index (χ1v) is 12.3. The van der Waals surface area contributed by atoms with Crippen molar-refractivity contribution in [2.24, 2.45) is 0 Å². The molecule has 2 amide bonds. The van der Waals surface area contributed by atoms with E-state index >= 15 is 0 Å². The Kier molecular flexibility index (Phi) is 8.86. The van der Waals surface area contributed by atoms with Crippen LogP contribution in [0.15, 0.2) is 24.3 Å². The van der Waals surface area contributed by atoms with Crippen molar-refractivity contribution in [1.29, 1.82) is 0 Å². The Morgan fingerprint density at radius 1 is 0.964 bits per heavy atom. The third-order valence-corrected chi connectivity index (χ3v) is 8.01. The predicted molar refractivity (Wildman–Crippen MR) is 117 cm³/mol. The molecule has 0 unspecified atom stereocenters. The molecule has 1 aromatic rings. The molecule has 0 atom stereocenters. The zero-order chi connectivity index (χ0) is 19.6. The van der Waals surface area contributed by atoms with Gasteiger partial charge in [0.2, 0.25) is 5.91 Å². The summed E-state index contributed by atoms with van der Waals surface area (Å²) in [7, 11) is 0. The largest absolute Gasteiger partial charge is 0.484 e. The van der Waals surface area contributed by atoms with Crippen molar-refractivity contribution in [3.05, 3.63) is 29.8 Å². The lowest BCUT2D eigenvalue weighted by molar-refractivity contribution is -0.123. The van der Waals surface area contributed by atoms with E-state index in [1.807, 2.05) is 35.7 Å². The minimum absolute atomic E-state index is 0.0159. The van der Waals surface area contributed by atoms with Gasteiger partial charge in [0.15, 0.2) is 6.61 Å². The van der Waals surface area contributed by atoms with Crippen LogP contribution in [0.5, 0.6) is 5.75 Å². The Morgan fingerprint density at radius 2 is 1.68 bits per heavy atom. The van der Waals surface area contributed by atoms with Crippen molar-refractivity contribution in [3.63, 3.8) is 0 Å². The number of rotatable bonds is 8. The van der Waals surface area contributed by atoms with Gasteiger partial charge in [-0.1, -0.05) is 31.4 Å². The number of amides is 2. The molecule has 1 saturated carbocycles. The van der Waals surface area contributed by atoms with Gasteiger partial charge < -0.3 is 15.4 Å². The van der Waals surface area contributed by atoms with Gasteiger partial charge >= 0.3 is 0 Å². The topological polar surface area (TPSA) is 67.4 Å². The summed E-state index contributed by atoms with van der Waals surface area (Å²) in [5.41, 5.74) is 1.30. The van der Waals surface area contributed by atoms with Crippen molar-refractivity contribution in [3.8, 4) is 5.75 Å². The van der Waals surface area contributed by atoms with E-state index in [0.29, 0.717) is 29.3 Å². The van der Waals surface area contributed by atoms with Crippen LogP contribution in [0.2, 0.25) is 0 Å². The van der Waals surface area contributed by atoms with Crippen LogP contribution >= 0.6 is 23.5 Å². The number of ether oxygens (including phenoxy) is 1. The minimum atomic E-state index is -0.201. The summed E-state index contributed by atoms with van der Waals surface area (Å²) in [6.07, 6.45) is 7.39. The van der Waals surface area contributed by atoms with E-state index in [4.69, 9.17) is 4.74 Å². The molecule has 5 nitrogen and oxygen atoms in total. The number of carbonyl (C=O) groups is 2. The molecule has 1 aliphatic heterocycles. The molecule has 2 fully saturated rings. The fraction of sp³-hybridized carbons (Fsp3) is 0.619. The molecule has 7 heteroatoms. The van der Waals surface area contributed by atoms with Crippen LogP contribution in [0.3, 0.4) is 0 Å². The monoisotopic (exact) mass is 422 g/mol. The molecule has 0 radical (unpaired) electrons. The number of carbonyl (C=O) groups excluding carboxylic acids is 2. The van der Waals surface area contributed by atoms with Crippen LogP contribution in [0.25, 0.3) is 0 Å². The predicted octanol–water partition coefficient (Wildman–Crippen LogP) is 3.89. The second kappa shape index (κ2) is 11.6. The Bertz CT molecular complexity index is 627. The lowest BCUT2D eigenvalue weighted by Crippen LogP contribution is -2.38. The number of hydrogen-bond donors (Lipinski definition) is 2. The Balaban J connectivity index is 1.30. The van der Waals surface area contributed by atoms with Crippen LogP contribution in [-0.4, -0.2) is 42.5 Å². The van der Waals surface area contributed by atoms with Gasteiger partial charge in [0.1, 0.15) is 5.75 Å². The fourth-order valence-corrected chi connectivity index (χ4v) is 6.36. The number of benzene rings is 1. The van der Waals surface area contributed by atoms with E-state index in [9.17, 15) is 9.59 Å². The maximum atomic E-state index is 11.9. The maximum Gasteiger partial charge on any atom is 0.257 e. The summed E-state index contributed by atoms with van der Waals surface area (Å²) in [4.78, 5) is 23.9. The zero-order valence-corrected chi connectivity index (χ0v) is 17.9. The summed E-state index contributed by atoms with van der Waals surface area (Å²) in [6, 6.07) is 8.33. The van der Waals surface area contributed by atoms with Gasteiger partial charge in [-0.05, 0) is 48.5 Å². The van der Waals surface area contributed by atoms with Gasteiger partial charge in [-0.25, -0.2) is 0 Å². The number of nitrogens with one attached hydrogen (secondary N) is 2. The molecular weight excluding hydrogens is 392 g/mol. The number of hydrogen-bond acceptors (Lipinski definition) is 5. The molecular formula is C21H30N2O3S2. The van der Waals surface area contributed by atoms with Gasteiger partial charge in [-0.3, -0.25) is 9.59 Å². The van der Waals surface area contributed by atoms with E-state index in [0.717, 1.165) is 12.8 Å². The summed E-state index contributed by atoms with van der Waals surface area (Å²) < 4.78 is 6.07. The molecule has 0 bridgehead atoms. The van der Waals surface area contributed by atoms with Crippen LogP contribution in [0.4, 0.5) is 0 Å².